The molecular weight excluding hydrogens is 318 g/mol. The van der Waals surface area contributed by atoms with Gasteiger partial charge in [-0.15, -0.1) is 0 Å². The van der Waals surface area contributed by atoms with Crippen LogP contribution in [0.5, 0.6) is 0 Å². The maximum Gasteiger partial charge on any atom is 0.241 e. The van der Waals surface area contributed by atoms with E-state index in [4.69, 9.17) is 0 Å². The van der Waals surface area contributed by atoms with Crippen molar-refractivity contribution in [3.05, 3.63) is 65.2 Å². The van der Waals surface area contributed by atoms with Gasteiger partial charge in [-0.3, -0.25) is 0 Å². The van der Waals surface area contributed by atoms with E-state index in [9.17, 15) is 8.42 Å². The number of benzene rings is 2. The van der Waals surface area contributed by atoms with E-state index >= 15 is 0 Å². The van der Waals surface area contributed by atoms with E-state index in [0.29, 0.717) is 10.8 Å². The van der Waals surface area contributed by atoms with Crippen LogP contribution in [0.25, 0.3) is 0 Å². The molecule has 0 fully saturated rings. The average molecular weight is 346 g/mol. The Hall–Kier alpha value is -1.65. The minimum atomic E-state index is -3.52. The lowest BCUT2D eigenvalue weighted by Crippen LogP contribution is -2.26. The fourth-order valence-electron chi connectivity index (χ4n) is 2.69. The van der Waals surface area contributed by atoms with Crippen molar-refractivity contribution in [3.63, 3.8) is 0 Å². The van der Waals surface area contributed by atoms with E-state index in [1.807, 2.05) is 43.3 Å². The van der Waals surface area contributed by atoms with Crippen LogP contribution in [-0.2, 0) is 22.9 Å². The summed E-state index contributed by atoms with van der Waals surface area (Å²) in [5.74, 6) is 0.552. The third-order valence-electron chi connectivity index (χ3n) is 4.10. The molecular formula is C20H27NO2S. The lowest BCUT2D eigenvalue weighted by atomic mass is 10.0. The van der Waals surface area contributed by atoms with Gasteiger partial charge in [-0.25, -0.2) is 13.1 Å². The van der Waals surface area contributed by atoms with E-state index in [1.165, 1.54) is 5.56 Å². The van der Waals surface area contributed by atoms with Gasteiger partial charge in [-0.2, -0.15) is 0 Å². The third kappa shape index (κ3) is 4.92. The Bertz CT molecular complexity index is 747. The largest absolute Gasteiger partial charge is 0.241 e. The van der Waals surface area contributed by atoms with Crippen molar-refractivity contribution in [2.24, 2.45) is 5.92 Å². The lowest BCUT2D eigenvalue weighted by molar-refractivity contribution is 0.567. The molecule has 2 rings (SSSR count). The minimum Gasteiger partial charge on any atom is -0.207 e. The smallest absolute Gasteiger partial charge is 0.207 e. The topological polar surface area (TPSA) is 46.2 Å². The molecule has 2 aromatic carbocycles. The predicted octanol–water partition coefficient (Wildman–Crippen LogP) is 4.49. The predicted molar refractivity (Wildman–Crippen MR) is 99.5 cm³/mol. The summed E-state index contributed by atoms with van der Waals surface area (Å²) >= 11 is 0. The van der Waals surface area contributed by atoms with E-state index < -0.39 is 10.0 Å². The zero-order valence-corrected chi connectivity index (χ0v) is 15.7. The van der Waals surface area contributed by atoms with Crippen molar-refractivity contribution >= 4 is 10.0 Å². The van der Waals surface area contributed by atoms with Gasteiger partial charge in [0.25, 0.3) is 0 Å². The van der Waals surface area contributed by atoms with Crippen LogP contribution < -0.4 is 4.72 Å². The maximum atomic E-state index is 12.6. The summed E-state index contributed by atoms with van der Waals surface area (Å²) in [4.78, 5) is 0.312. The number of hydrogen-bond acceptors (Lipinski definition) is 2. The molecule has 0 amide bonds. The van der Waals surface area contributed by atoms with Gasteiger partial charge in [0.2, 0.25) is 10.0 Å². The highest BCUT2D eigenvalue weighted by Crippen LogP contribution is 2.19. The van der Waals surface area contributed by atoms with Gasteiger partial charge in [0.05, 0.1) is 4.90 Å². The molecule has 0 spiro atoms. The van der Waals surface area contributed by atoms with Gasteiger partial charge in [-0.05, 0) is 54.5 Å². The van der Waals surface area contributed by atoms with Crippen molar-refractivity contribution in [3.8, 4) is 0 Å². The molecule has 24 heavy (non-hydrogen) atoms. The second-order valence-electron chi connectivity index (χ2n) is 6.68. The summed E-state index contributed by atoms with van der Waals surface area (Å²) in [6.45, 7) is 8.27. The van der Waals surface area contributed by atoms with Crippen molar-refractivity contribution in [2.75, 3.05) is 0 Å². The Morgan fingerprint density at radius 1 is 0.875 bits per heavy atom. The third-order valence-corrected chi connectivity index (χ3v) is 5.65. The monoisotopic (exact) mass is 345 g/mol. The van der Waals surface area contributed by atoms with E-state index in [0.717, 1.165) is 24.0 Å². The van der Waals surface area contributed by atoms with E-state index in [2.05, 4.69) is 25.5 Å². The summed E-state index contributed by atoms with van der Waals surface area (Å²) in [5, 5.41) is 0. The Morgan fingerprint density at radius 2 is 1.42 bits per heavy atom. The SMILES string of the molecule is CCc1ccc(C(C)NS(=O)(=O)c2ccc(CC(C)C)cc2)cc1. The quantitative estimate of drug-likeness (QED) is 0.804. The standard InChI is InChI=1S/C20H27NO2S/c1-5-17-6-10-19(11-7-17)16(4)21-24(22,23)20-12-8-18(9-13-20)14-15(2)3/h6-13,15-16,21H,5,14H2,1-4H3. The van der Waals surface area contributed by atoms with E-state index in [-0.39, 0.29) is 6.04 Å². The van der Waals surface area contributed by atoms with Crippen LogP contribution >= 0.6 is 0 Å². The van der Waals surface area contributed by atoms with Crippen molar-refractivity contribution < 1.29 is 8.42 Å². The maximum absolute atomic E-state index is 12.6. The Balaban J connectivity index is 2.11. The molecule has 0 heterocycles. The summed E-state index contributed by atoms with van der Waals surface area (Å²) < 4.78 is 27.9. The van der Waals surface area contributed by atoms with Crippen LogP contribution in [0.4, 0.5) is 0 Å². The zero-order chi connectivity index (χ0) is 17.7. The average Bonchev–Trinajstić information content (AvgIpc) is 2.54. The van der Waals surface area contributed by atoms with Gasteiger partial charge in [0, 0.05) is 6.04 Å². The molecule has 1 unspecified atom stereocenters. The molecule has 2 aromatic rings. The molecule has 0 aliphatic heterocycles. The highest BCUT2D eigenvalue weighted by atomic mass is 32.2. The van der Waals surface area contributed by atoms with Crippen LogP contribution in [0.2, 0.25) is 0 Å². The fraction of sp³-hybridized carbons (Fsp3) is 0.400. The highest BCUT2D eigenvalue weighted by molar-refractivity contribution is 7.89. The van der Waals surface area contributed by atoms with Crippen molar-refractivity contribution in [1.29, 1.82) is 0 Å². The first kappa shape index (κ1) is 18.7. The number of rotatable bonds is 7. The van der Waals surface area contributed by atoms with Crippen LogP contribution in [0.15, 0.2) is 53.4 Å². The first-order valence-electron chi connectivity index (χ1n) is 8.52. The van der Waals surface area contributed by atoms with Crippen LogP contribution in [0.1, 0.15) is 50.4 Å². The normalized spacial score (nSPS) is 13.2. The first-order valence-corrected chi connectivity index (χ1v) is 10.00. The number of sulfonamides is 1. The Labute approximate surface area is 146 Å². The van der Waals surface area contributed by atoms with Gasteiger partial charge in [0.15, 0.2) is 0 Å². The first-order chi connectivity index (χ1) is 11.3. The summed E-state index contributed by atoms with van der Waals surface area (Å²) in [5.41, 5.74) is 3.37. The molecule has 4 heteroatoms. The fourth-order valence-corrected chi connectivity index (χ4v) is 3.92. The Kier molecular flexibility index (Phi) is 6.19. The molecule has 1 N–H and O–H groups in total. The molecule has 0 aliphatic rings. The van der Waals surface area contributed by atoms with Gasteiger partial charge >= 0.3 is 0 Å². The highest BCUT2D eigenvalue weighted by Gasteiger charge is 2.18. The molecule has 0 radical (unpaired) electrons. The second-order valence-corrected chi connectivity index (χ2v) is 8.39. The van der Waals surface area contributed by atoms with Crippen LogP contribution in [-0.4, -0.2) is 8.42 Å². The molecule has 130 valence electrons. The van der Waals surface area contributed by atoms with E-state index in [1.54, 1.807) is 12.1 Å². The van der Waals surface area contributed by atoms with Gasteiger partial charge in [0.1, 0.15) is 0 Å². The summed E-state index contributed by atoms with van der Waals surface area (Å²) in [6, 6.07) is 15.0. The Morgan fingerprint density at radius 3 is 1.92 bits per heavy atom. The van der Waals surface area contributed by atoms with Crippen LogP contribution in [0, 0.1) is 5.92 Å². The molecule has 0 saturated carbocycles. The molecule has 0 aliphatic carbocycles. The minimum absolute atomic E-state index is 0.267. The van der Waals surface area contributed by atoms with Crippen molar-refractivity contribution in [2.45, 2.75) is 51.5 Å². The molecule has 3 nitrogen and oxygen atoms in total. The number of nitrogens with one attached hydrogen (secondary N) is 1. The zero-order valence-electron chi connectivity index (χ0n) is 14.9. The van der Waals surface area contributed by atoms with Crippen molar-refractivity contribution in [1.82, 2.24) is 4.72 Å². The van der Waals surface area contributed by atoms with Gasteiger partial charge < -0.3 is 0 Å². The van der Waals surface area contributed by atoms with Gasteiger partial charge in [-0.1, -0.05) is 57.2 Å². The molecule has 0 aromatic heterocycles. The number of aryl methyl sites for hydroxylation is 1. The summed E-state index contributed by atoms with van der Waals surface area (Å²) in [6.07, 6.45) is 1.93. The summed E-state index contributed by atoms with van der Waals surface area (Å²) in [7, 11) is -3.52. The molecule has 0 saturated heterocycles. The number of hydrogen-bond donors (Lipinski definition) is 1. The lowest BCUT2D eigenvalue weighted by Gasteiger charge is -2.15. The van der Waals surface area contributed by atoms with Crippen LogP contribution in [0.3, 0.4) is 0 Å². The second kappa shape index (κ2) is 7.95. The molecule has 0 bridgehead atoms. The molecule has 1 atom stereocenters.